The SMILES string of the molecule is CCN(CC)CCCC(C)NC(=NC)NCc1cccnc1OC1CCCC1. The van der Waals surface area contributed by atoms with E-state index in [1.807, 2.05) is 13.1 Å². The molecule has 1 saturated carbocycles. The summed E-state index contributed by atoms with van der Waals surface area (Å²) in [5.74, 6) is 1.58. The highest BCUT2D eigenvalue weighted by molar-refractivity contribution is 5.79. The predicted octanol–water partition coefficient (Wildman–Crippen LogP) is 3.58. The normalized spacial score (nSPS) is 16.4. The maximum absolute atomic E-state index is 6.13. The van der Waals surface area contributed by atoms with Crippen molar-refractivity contribution in [2.24, 2.45) is 4.99 Å². The van der Waals surface area contributed by atoms with E-state index < -0.39 is 0 Å². The number of aromatic nitrogens is 1. The molecule has 6 nitrogen and oxygen atoms in total. The lowest BCUT2D eigenvalue weighted by Crippen LogP contribution is -2.42. The van der Waals surface area contributed by atoms with Crippen LogP contribution in [0.15, 0.2) is 23.3 Å². The van der Waals surface area contributed by atoms with Gasteiger partial charge in [0, 0.05) is 31.4 Å². The highest BCUT2D eigenvalue weighted by Gasteiger charge is 2.18. The van der Waals surface area contributed by atoms with Crippen molar-refractivity contribution in [1.29, 1.82) is 0 Å². The molecule has 0 bridgehead atoms. The smallest absolute Gasteiger partial charge is 0.218 e. The van der Waals surface area contributed by atoms with Gasteiger partial charge in [0.25, 0.3) is 0 Å². The number of ether oxygens (including phenoxy) is 1. The van der Waals surface area contributed by atoms with Gasteiger partial charge in [-0.3, -0.25) is 4.99 Å². The second-order valence-corrected chi connectivity index (χ2v) is 7.63. The van der Waals surface area contributed by atoms with Crippen LogP contribution in [0.1, 0.15) is 64.9 Å². The van der Waals surface area contributed by atoms with Crippen LogP contribution in [-0.2, 0) is 6.54 Å². The summed E-state index contributed by atoms with van der Waals surface area (Å²) in [6, 6.07) is 4.42. The minimum Gasteiger partial charge on any atom is -0.474 e. The number of pyridine rings is 1. The molecule has 0 aliphatic heterocycles. The zero-order valence-electron chi connectivity index (χ0n) is 18.2. The number of aliphatic imine (C=N–C) groups is 1. The number of guanidine groups is 1. The Balaban J connectivity index is 1.78. The van der Waals surface area contributed by atoms with Crippen molar-refractivity contribution < 1.29 is 4.74 Å². The van der Waals surface area contributed by atoms with Crippen molar-refractivity contribution in [2.45, 2.75) is 78.0 Å². The molecule has 6 heteroatoms. The van der Waals surface area contributed by atoms with Gasteiger partial charge in [0.05, 0.1) is 0 Å². The van der Waals surface area contributed by atoms with E-state index in [4.69, 9.17) is 4.74 Å². The standard InChI is InChI=1S/C22H39N5O/c1-5-27(6-2)16-10-11-18(3)26-22(23-4)25-17-19-12-9-15-24-21(19)28-20-13-7-8-14-20/h9,12,15,18,20H,5-8,10-11,13-14,16-17H2,1-4H3,(H2,23,25,26). The third kappa shape index (κ3) is 7.66. The second kappa shape index (κ2) is 12.6. The van der Waals surface area contributed by atoms with E-state index in [0.29, 0.717) is 18.7 Å². The lowest BCUT2D eigenvalue weighted by Gasteiger charge is -2.21. The van der Waals surface area contributed by atoms with Gasteiger partial charge in [-0.2, -0.15) is 0 Å². The Kier molecular flexibility index (Phi) is 10.1. The molecule has 0 radical (unpaired) electrons. The molecule has 1 fully saturated rings. The first kappa shape index (κ1) is 22.5. The highest BCUT2D eigenvalue weighted by atomic mass is 16.5. The van der Waals surface area contributed by atoms with Gasteiger partial charge in [0.15, 0.2) is 5.96 Å². The summed E-state index contributed by atoms with van der Waals surface area (Å²) in [7, 11) is 1.82. The van der Waals surface area contributed by atoms with E-state index >= 15 is 0 Å². The van der Waals surface area contributed by atoms with Crippen LogP contribution < -0.4 is 15.4 Å². The molecule has 1 aromatic heterocycles. The molecule has 2 rings (SSSR count). The lowest BCUT2D eigenvalue weighted by molar-refractivity contribution is 0.199. The Morgan fingerprint density at radius 3 is 2.75 bits per heavy atom. The van der Waals surface area contributed by atoms with Crippen molar-refractivity contribution in [1.82, 2.24) is 20.5 Å². The van der Waals surface area contributed by atoms with E-state index in [-0.39, 0.29) is 0 Å². The predicted molar refractivity (Wildman–Crippen MR) is 117 cm³/mol. The summed E-state index contributed by atoms with van der Waals surface area (Å²) in [5, 5.41) is 6.91. The Bertz CT molecular complexity index is 582. The van der Waals surface area contributed by atoms with Gasteiger partial charge in [-0.1, -0.05) is 19.9 Å². The van der Waals surface area contributed by atoms with Crippen LogP contribution in [0.4, 0.5) is 0 Å². The summed E-state index contributed by atoms with van der Waals surface area (Å²) in [6.07, 6.45) is 9.22. The van der Waals surface area contributed by atoms with Gasteiger partial charge in [-0.05, 0) is 71.1 Å². The molecule has 0 saturated heterocycles. The van der Waals surface area contributed by atoms with E-state index in [2.05, 4.69) is 52.3 Å². The molecule has 0 amide bonds. The van der Waals surface area contributed by atoms with Crippen molar-refractivity contribution in [3.8, 4) is 5.88 Å². The Hall–Kier alpha value is -1.82. The van der Waals surface area contributed by atoms with Crippen LogP contribution in [0.5, 0.6) is 5.88 Å². The number of hydrogen-bond donors (Lipinski definition) is 2. The van der Waals surface area contributed by atoms with E-state index in [1.54, 1.807) is 6.20 Å². The minimum absolute atomic E-state index is 0.317. The van der Waals surface area contributed by atoms with Gasteiger partial charge in [-0.25, -0.2) is 4.98 Å². The monoisotopic (exact) mass is 389 g/mol. The largest absolute Gasteiger partial charge is 0.474 e. The zero-order chi connectivity index (χ0) is 20.2. The van der Waals surface area contributed by atoms with E-state index in [1.165, 1.54) is 19.3 Å². The molecule has 1 aliphatic carbocycles. The second-order valence-electron chi connectivity index (χ2n) is 7.63. The maximum atomic E-state index is 6.13. The number of nitrogens with zero attached hydrogens (tertiary/aromatic N) is 3. The Morgan fingerprint density at radius 1 is 1.32 bits per heavy atom. The van der Waals surface area contributed by atoms with Crippen molar-refractivity contribution in [3.05, 3.63) is 23.9 Å². The molecule has 1 heterocycles. The van der Waals surface area contributed by atoms with Gasteiger partial charge in [-0.15, -0.1) is 0 Å². The molecule has 1 aromatic rings. The molecule has 0 spiro atoms. The Labute approximate surface area is 171 Å². The first-order chi connectivity index (χ1) is 13.7. The van der Waals surface area contributed by atoms with Gasteiger partial charge in [0.2, 0.25) is 5.88 Å². The summed E-state index contributed by atoms with van der Waals surface area (Å²) < 4.78 is 6.13. The third-order valence-corrected chi connectivity index (χ3v) is 5.49. The van der Waals surface area contributed by atoms with Crippen LogP contribution in [0.25, 0.3) is 0 Å². The summed E-state index contributed by atoms with van der Waals surface area (Å²) in [6.45, 7) is 10.7. The molecule has 2 N–H and O–H groups in total. The molecular formula is C22H39N5O. The molecule has 1 atom stereocenters. The molecule has 0 aromatic carbocycles. The van der Waals surface area contributed by atoms with Crippen molar-refractivity contribution in [2.75, 3.05) is 26.7 Å². The van der Waals surface area contributed by atoms with E-state index in [9.17, 15) is 0 Å². The van der Waals surface area contributed by atoms with Crippen LogP contribution in [0.3, 0.4) is 0 Å². The zero-order valence-corrected chi connectivity index (χ0v) is 18.2. The van der Waals surface area contributed by atoms with Gasteiger partial charge in [0.1, 0.15) is 6.10 Å². The summed E-state index contributed by atoms with van der Waals surface area (Å²) in [5.41, 5.74) is 1.08. The topological polar surface area (TPSA) is 61.8 Å². The average molecular weight is 390 g/mol. The number of hydrogen-bond acceptors (Lipinski definition) is 4. The van der Waals surface area contributed by atoms with E-state index in [0.717, 1.165) is 56.3 Å². The van der Waals surface area contributed by atoms with Gasteiger partial charge >= 0.3 is 0 Å². The molecule has 1 aliphatic rings. The van der Waals surface area contributed by atoms with Crippen molar-refractivity contribution >= 4 is 5.96 Å². The highest BCUT2D eigenvalue weighted by Crippen LogP contribution is 2.24. The van der Waals surface area contributed by atoms with Crippen molar-refractivity contribution in [3.63, 3.8) is 0 Å². The van der Waals surface area contributed by atoms with Gasteiger partial charge < -0.3 is 20.3 Å². The van der Waals surface area contributed by atoms with Crippen LogP contribution in [0, 0.1) is 0 Å². The molecule has 1 unspecified atom stereocenters. The summed E-state index contributed by atoms with van der Waals surface area (Å²) >= 11 is 0. The van der Waals surface area contributed by atoms with Crippen LogP contribution in [-0.4, -0.2) is 54.7 Å². The van der Waals surface area contributed by atoms with Crippen LogP contribution >= 0.6 is 0 Å². The molecular weight excluding hydrogens is 350 g/mol. The minimum atomic E-state index is 0.317. The summed E-state index contributed by atoms with van der Waals surface area (Å²) in [4.78, 5) is 11.3. The fourth-order valence-corrected chi connectivity index (χ4v) is 3.67. The van der Waals surface area contributed by atoms with Crippen LogP contribution in [0.2, 0.25) is 0 Å². The Morgan fingerprint density at radius 2 is 2.07 bits per heavy atom. The lowest BCUT2D eigenvalue weighted by atomic mass is 10.2. The molecule has 158 valence electrons. The fraction of sp³-hybridized carbons (Fsp3) is 0.727. The quantitative estimate of drug-likeness (QED) is 0.447. The first-order valence-corrected chi connectivity index (χ1v) is 11.0. The first-order valence-electron chi connectivity index (χ1n) is 11.0. The average Bonchev–Trinajstić information content (AvgIpc) is 3.22. The number of nitrogens with one attached hydrogen (secondary N) is 2. The third-order valence-electron chi connectivity index (χ3n) is 5.49. The molecule has 28 heavy (non-hydrogen) atoms. The maximum Gasteiger partial charge on any atom is 0.218 e. The fourth-order valence-electron chi connectivity index (χ4n) is 3.67. The number of rotatable bonds is 11.